The summed E-state index contributed by atoms with van der Waals surface area (Å²) in [6, 6.07) is 5.59. The highest BCUT2D eigenvalue weighted by atomic mass is 35.5. The van der Waals surface area contributed by atoms with E-state index in [0.29, 0.717) is 5.02 Å². The molecule has 0 aromatic heterocycles. The summed E-state index contributed by atoms with van der Waals surface area (Å²) in [5, 5.41) is 10.5. The van der Waals surface area contributed by atoms with Gasteiger partial charge in [-0.15, -0.1) is 0 Å². The van der Waals surface area contributed by atoms with Gasteiger partial charge >= 0.3 is 0 Å². The van der Waals surface area contributed by atoms with E-state index in [1.807, 2.05) is 18.2 Å². The molecule has 1 fully saturated rings. The number of benzene rings is 1. The number of likely N-dealkylation sites (N-methyl/N-ethyl adjacent to an activating group) is 1. The fourth-order valence-electron chi connectivity index (χ4n) is 2.61. The third kappa shape index (κ3) is 2.28. The van der Waals surface area contributed by atoms with Crippen molar-refractivity contribution in [3.8, 4) is 5.75 Å². The molecule has 94 valence electrons. The van der Waals surface area contributed by atoms with Crippen molar-refractivity contribution in [1.29, 1.82) is 0 Å². The predicted octanol–water partition coefficient (Wildman–Crippen LogP) is 1.91. The summed E-state index contributed by atoms with van der Waals surface area (Å²) in [5.74, 6) is 0.804. The first-order valence-corrected chi connectivity index (χ1v) is 6.12. The normalized spacial score (nSPS) is 25.2. The Balaban J connectivity index is 2.46. The van der Waals surface area contributed by atoms with Gasteiger partial charge in [0, 0.05) is 22.5 Å². The summed E-state index contributed by atoms with van der Waals surface area (Å²) in [7, 11) is 3.71. The molecule has 0 amide bonds. The Morgan fingerprint density at radius 1 is 1.53 bits per heavy atom. The van der Waals surface area contributed by atoms with E-state index in [4.69, 9.17) is 16.3 Å². The molecule has 1 aromatic rings. The average molecular weight is 256 g/mol. The highest BCUT2D eigenvalue weighted by molar-refractivity contribution is 6.30. The van der Waals surface area contributed by atoms with E-state index >= 15 is 0 Å². The Bertz CT molecular complexity index is 410. The number of hydrogen-bond donors (Lipinski definition) is 1. The van der Waals surface area contributed by atoms with Crippen LogP contribution in [0.25, 0.3) is 0 Å². The molecule has 1 unspecified atom stereocenters. The first-order chi connectivity index (χ1) is 8.11. The van der Waals surface area contributed by atoms with Crippen molar-refractivity contribution in [2.45, 2.75) is 11.8 Å². The second kappa shape index (κ2) is 4.84. The molecule has 4 heteroatoms. The zero-order valence-corrected chi connectivity index (χ0v) is 11.0. The average Bonchev–Trinajstić information content (AvgIpc) is 2.72. The molecule has 1 N–H and O–H groups in total. The number of aliphatic hydroxyl groups is 1. The smallest absolute Gasteiger partial charge is 0.122 e. The maximum atomic E-state index is 9.77. The predicted molar refractivity (Wildman–Crippen MR) is 68.9 cm³/mol. The van der Waals surface area contributed by atoms with Crippen molar-refractivity contribution in [1.82, 2.24) is 4.90 Å². The van der Waals surface area contributed by atoms with Crippen LogP contribution in [-0.2, 0) is 5.41 Å². The quantitative estimate of drug-likeness (QED) is 0.896. The molecule has 1 heterocycles. The van der Waals surface area contributed by atoms with Gasteiger partial charge in [0.2, 0.25) is 0 Å². The fraction of sp³-hybridized carbons (Fsp3) is 0.538. The molecule has 1 saturated heterocycles. The van der Waals surface area contributed by atoms with Gasteiger partial charge in [-0.25, -0.2) is 0 Å². The number of ether oxygens (including phenoxy) is 1. The highest BCUT2D eigenvalue weighted by Crippen LogP contribution is 2.39. The lowest BCUT2D eigenvalue weighted by atomic mass is 9.80. The van der Waals surface area contributed by atoms with E-state index in [9.17, 15) is 5.11 Å². The largest absolute Gasteiger partial charge is 0.496 e. The SMILES string of the molecule is COc1ccc(Cl)cc1C1(CO)CCN(C)C1. The summed E-state index contributed by atoms with van der Waals surface area (Å²) < 4.78 is 5.39. The lowest BCUT2D eigenvalue weighted by Gasteiger charge is -2.29. The number of hydrogen-bond acceptors (Lipinski definition) is 3. The Labute approximate surface area is 107 Å². The second-order valence-electron chi connectivity index (χ2n) is 4.77. The third-order valence-electron chi connectivity index (χ3n) is 3.58. The van der Waals surface area contributed by atoms with Crippen LogP contribution >= 0.6 is 11.6 Å². The van der Waals surface area contributed by atoms with Gasteiger partial charge in [-0.1, -0.05) is 11.6 Å². The number of halogens is 1. The minimum absolute atomic E-state index is 0.119. The van der Waals surface area contributed by atoms with Gasteiger partial charge in [-0.3, -0.25) is 0 Å². The van der Waals surface area contributed by atoms with E-state index < -0.39 is 0 Å². The molecule has 1 atom stereocenters. The van der Waals surface area contributed by atoms with E-state index in [0.717, 1.165) is 30.8 Å². The molecular formula is C13H18ClNO2. The van der Waals surface area contributed by atoms with Gasteiger partial charge in [-0.2, -0.15) is 0 Å². The van der Waals surface area contributed by atoms with Gasteiger partial charge in [0.1, 0.15) is 5.75 Å². The summed E-state index contributed by atoms with van der Waals surface area (Å²) >= 11 is 6.06. The van der Waals surface area contributed by atoms with E-state index in [-0.39, 0.29) is 12.0 Å². The van der Waals surface area contributed by atoms with Crippen molar-refractivity contribution in [2.24, 2.45) is 0 Å². The Hall–Kier alpha value is -0.770. The monoisotopic (exact) mass is 255 g/mol. The van der Waals surface area contributed by atoms with Crippen molar-refractivity contribution in [3.05, 3.63) is 28.8 Å². The van der Waals surface area contributed by atoms with Gasteiger partial charge in [-0.05, 0) is 38.2 Å². The van der Waals surface area contributed by atoms with Crippen molar-refractivity contribution < 1.29 is 9.84 Å². The minimum atomic E-state index is -0.245. The number of likely N-dealkylation sites (tertiary alicyclic amines) is 1. The van der Waals surface area contributed by atoms with Crippen molar-refractivity contribution in [3.63, 3.8) is 0 Å². The molecule has 1 aromatic carbocycles. The van der Waals surface area contributed by atoms with Crippen LogP contribution in [0.3, 0.4) is 0 Å². The maximum Gasteiger partial charge on any atom is 0.122 e. The lowest BCUT2D eigenvalue weighted by Crippen LogP contribution is -2.34. The van der Waals surface area contributed by atoms with Gasteiger partial charge in [0.15, 0.2) is 0 Å². The van der Waals surface area contributed by atoms with Crippen molar-refractivity contribution in [2.75, 3.05) is 33.9 Å². The fourth-order valence-corrected chi connectivity index (χ4v) is 2.78. The molecule has 17 heavy (non-hydrogen) atoms. The molecule has 0 saturated carbocycles. The molecule has 3 nitrogen and oxygen atoms in total. The van der Waals surface area contributed by atoms with E-state index in [1.165, 1.54) is 0 Å². The highest BCUT2D eigenvalue weighted by Gasteiger charge is 2.39. The zero-order valence-electron chi connectivity index (χ0n) is 10.2. The first-order valence-electron chi connectivity index (χ1n) is 5.75. The van der Waals surface area contributed by atoms with Crippen LogP contribution < -0.4 is 4.74 Å². The molecular weight excluding hydrogens is 238 g/mol. The molecule has 2 rings (SSSR count). The summed E-state index contributed by atoms with van der Waals surface area (Å²) in [5.41, 5.74) is 0.768. The number of rotatable bonds is 3. The van der Waals surface area contributed by atoms with Crippen LogP contribution in [0.5, 0.6) is 5.75 Å². The summed E-state index contributed by atoms with van der Waals surface area (Å²) in [6.07, 6.45) is 0.927. The number of nitrogens with zero attached hydrogens (tertiary/aromatic N) is 1. The van der Waals surface area contributed by atoms with Gasteiger partial charge in [0.05, 0.1) is 13.7 Å². The Morgan fingerprint density at radius 2 is 2.29 bits per heavy atom. The maximum absolute atomic E-state index is 9.77. The van der Waals surface area contributed by atoms with E-state index in [2.05, 4.69) is 11.9 Å². The number of methoxy groups -OCH3 is 1. The van der Waals surface area contributed by atoms with E-state index in [1.54, 1.807) is 7.11 Å². The topological polar surface area (TPSA) is 32.7 Å². The lowest BCUT2D eigenvalue weighted by molar-refractivity contribution is 0.191. The van der Waals surface area contributed by atoms with Crippen LogP contribution in [0.4, 0.5) is 0 Å². The Morgan fingerprint density at radius 3 is 2.82 bits per heavy atom. The van der Waals surface area contributed by atoms with Crippen LogP contribution in [0.2, 0.25) is 5.02 Å². The molecule has 0 bridgehead atoms. The molecule has 1 aliphatic heterocycles. The number of aliphatic hydroxyl groups excluding tert-OH is 1. The first kappa shape index (κ1) is 12.7. The zero-order chi connectivity index (χ0) is 12.5. The molecule has 0 spiro atoms. The van der Waals surface area contributed by atoms with Crippen LogP contribution in [0.1, 0.15) is 12.0 Å². The molecule has 1 aliphatic rings. The standard InChI is InChI=1S/C13H18ClNO2/c1-15-6-5-13(8-15,9-16)11-7-10(14)3-4-12(11)17-2/h3-4,7,16H,5-6,8-9H2,1-2H3. The van der Waals surface area contributed by atoms with Gasteiger partial charge < -0.3 is 14.7 Å². The summed E-state index contributed by atoms with van der Waals surface area (Å²) in [4.78, 5) is 2.22. The van der Waals surface area contributed by atoms with Crippen LogP contribution in [0.15, 0.2) is 18.2 Å². The molecule has 0 radical (unpaired) electrons. The van der Waals surface area contributed by atoms with Gasteiger partial charge in [0.25, 0.3) is 0 Å². The van der Waals surface area contributed by atoms with Crippen LogP contribution in [-0.4, -0.2) is 43.9 Å². The Kier molecular flexibility index (Phi) is 3.61. The summed E-state index contributed by atoms with van der Waals surface area (Å²) in [6.45, 7) is 1.93. The molecule has 0 aliphatic carbocycles. The van der Waals surface area contributed by atoms with Crippen LogP contribution in [0, 0.1) is 0 Å². The van der Waals surface area contributed by atoms with Crippen molar-refractivity contribution >= 4 is 11.6 Å². The minimum Gasteiger partial charge on any atom is -0.496 e. The second-order valence-corrected chi connectivity index (χ2v) is 5.21. The third-order valence-corrected chi connectivity index (χ3v) is 3.82.